The summed E-state index contributed by atoms with van der Waals surface area (Å²) in [5.41, 5.74) is 2.43. The number of hydrogen-bond donors (Lipinski definition) is 1. The molecule has 0 amide bonds. The van der Waals surface area contributed by atoms with Crippen LogP contribution >= 0.6 is 0 Å². The monoisotopic (exact) mass is 500 g/mol. The molecule has 0 spiro atoms. The van der Waals surface area contributed by atoms with Gasteiger partial charge >= 0.3 is 5.97 Å². The van der Waals surface area contributed by atoms with Gasteiger partial charge in [0.25, 0.3) is 0 Å². The Kier molecular flexibility index (Phi) is 9.01. The molecule has 9 atom stereocenters. The number of carboxylic acid groups (broad SMARTS) is 1. The van der Waals surface area contributed by atoms with E-state index in [1.807, 2.05) is 0 Å². The highest BCUT2D eigenvalue weighted by molar-refractivity contribution is 5.72. The number of fused-ring (bicyclic) bond motifs is 5. The summed E-state index contributed by atoms with van der Waals surface area (Å²) >= 11 is 0. The van der Waals surface area contributed by atoms with E-state index in [9.17, 15) is 9.90 Å². The highest BCUT2D eigenvalue weighted by atomic mass is 16.5. The average Bonchev–Trinajstić information content (AvgIpc) is 3.18. The molecule has 1 N–H and O–H groups in total. The molecule has 0 aromatic heterocycles. The van der Waals surface area contributed by atoms with E-state index in [2.05, 4.69) is 47.6 Å². The Hall–Kier alpha value is -0.830. The van der Waals surface area contributed by atoms with Crippen LogP contribution in [0.3, 0.4) is 0 Å². The van der Waals surface area contributed by atoms with Gasteiger partial charge in [0, 0.05) is 0 Å². The lowest BCUT2D eigenvalue weighted by molar-refractivity contribution is -0.157. The zero-order valence-electron chi connectivity index (χ0n) is 24.4. The minimum absolute atomic E-state index is 0.0789. The largest absolute Gasteiger partial charge is 0.479 e. The molecule has 0 aliphatic heterocycles. The molecule has 4 rings (SSSR count). The zero-order valence-corrected chi connectivity index (χ0v) is 24.4. The van der Waals surface area contributed by atoms with Crippen molar-refractivity contribution in [3.63, 3.8) is 0 Å². The number of carboxylic acids is 1. The maximum Gasteiger partial charge on any atom is 0.332 e. The quantitative estimate of drug-likeness (QED) is 0.288. The fourth-order valence-electron chi connectivity index (χ4n) is 9.64. The van der Waals surface area contributed by atoms with Crippen molar-refractivity contribution in [3.8, 4) is 0 Å². The van der Waals surface area contributed by atoms with Gasteiger partial charge in [0.1, 0.15) is 0 Å². The van der Waals surface area contributed by atoms with Gasteiger partial charge in [-0.15, -0.1) is 0 Å². The van der Waals surface area contributed by atoms with Gasteiger partial charge in [-0.05, 0) is 104 Å². The minimum Gasteiger partial charge on any atom is -0.479 e. The third-order valence-corrected chi connectivity index (χ3v) is 11.7. The van der Waals surface area contributed by atoms with Crippen molar-refractivity contribution in [1.29, 1.82) is 0 Å². The lowest BCUT2D eigenvalue weighted by atomic mass is 9.47. The van der Waals surface area contributed by atoms with Crippen molar-refractivity contribution >= 4 is 5.97 Å². The van der Waals surface area contributed by atoms with Crippen molar-refractivity contribution in [2.24, 2.45) is 46.3 Å². The van der Waals surface area contributed by atoms with Gasteiger partial charge in [0.15, 0.2) is 6.10 Å². The zero-order chi connectivity index (χ0) is 26.1. The predicted molar refractivity (Wildman–Crippen MR) is 149 cm³/mol. The molecule has 4 aliphatic carbocycles. The molecule has 4 aliphatic rings. The minimum atomic E-state index is -0.782. The van der Waals surface area contributed by atoms with Gasteiger partial charge in [-0.25, -0.2) is 4.79 Å². The first-order valence-electron chi connectivity index (χ1n) is 15.7. The molecule has 0 radical (unpaired) electrons. The second-order valence-corrected chi connectivity index (χ2v) is 14.3. The van der Waals surface area contributed by atoms with E-state index in [0.29, 0.717) is 17.3 Å². The summed E-state index contributed by atoms with van der Waals surface area (Å²) in [7, 11) is 0. The van der Waals surface area contributed by atoms with E-state index >= 15 is 0 Å². The third-order valence-electron chi connectivity index (χ3n) is 11.7. The summed E-state index contributed by atoms with van der Waals surface area (Å²) in [5, 5.41) is 9.67. The molecule has 1 unspecified atom stereocenters. The van der Waals surface area contributed by atoms with Crippen LogP contribution in [0.4, 0.5) is 0 Å². The number of allylic oxidation sites excluding steroid dienone is 1. The SMILES string of the molecule is CCCCC(O[C@H]1CC[C@@]2(C)C(=CC[C@H]3[C@@H]4CC[C@H]([C@H](C)CCCC(C)C)[C@@]4(C)CC[C@@H]32)C1)C(=O)O. The first-order valence-corrected chi connectivity index (χ1v) is 15.7. The molecule has 3 heteroatoms. The first kappa shape index (κ1) is 28.2. The van der Waals surface area contributed by atoms with Crippen molar-refractivity contribution in [3.05, 3.63) is 11.6 Å². The highest BCUT2D eigenvalue weighted by Gasteiger charge is 2.59. The molecule has 36 heavy (non-hydrogen) atoms. The van der Waals surface area contributed by atoms with E-state index in [0.717, 1.165) is 61.2 Å². The first-order chi connectivity index (χ1) is 17.1. The number of hydrogen-bond acceptors (Lipinski definition) is 2. The fourth-order valence-corrected chi connectivity index (χ4v) is 9.64. The number of unbranched alkanes of at least 4 members (excludes halogenated alkanes) is 1. The topological polar surface area (TPSA) is 46.5 Å². The van der Waals surface area contributed by atoms with Crippen LogP contribution in [0.25, 0.3) is 0 Å². The van der Waals surface area contributed by atoms with E-state index < -0.39 is 12.1 Å². The van der Waals surface area contributed by atoms with Crippen LogP contribution < -0.4 is 0 Å². The van der Waals surface area contributed by atoms with Gasteiger partial charge in [-0.3, -0.25) is 0 Å². The van der Waals surface area contributed by atoms with Crippen molar-refractivity contribution in [2.45, 2.75) is 144 Å². The Balaban J connectivity index is 1.42. The normalized spacial score (nSPS) is 39.6. The van der Waals surface area contributed by atoms with Crippen LogP contribution in [0.15, 0.2) is 11.6 Å². The summed E-state index contributed by atoms with van der Waals surface area (Å²) < 4.78 is 6.22. The van der Waals surface area contributed by atoms with Crippen molar-refractivity contribution in [2.75, 3.05) is 0 Å². The molecule has 206 valence electrons. The van der Waals surface area contributed by atoms with Crippen molar-refractivity contribution < 1.29 is 14.6 Å². The third kappa shape index (κ3) is 5.48. The molecule has 0 bridgehead atoms. The molecule has 3 fully saturated rings. The van der Waals surface area contributed by atoms with Gasteiger partial charge in [-0.1, -0.05) is 85.3 Å². The number of aliphatic carboxylic acids is 1. The highest BCUT2D eigenvalue weighted by Crippen LogP contribution is 2.67. The molecule has 0 aromatic carbocycles. The molecule has 0 heterocycles. The van der Waals surface area contributed by atoms with Crippen LogP contribution in [0, 0.1) is 46.3 Å². The summed E-state index contributed by atoms with van der Waals surface area (Å²) in [6, 6.07) is 0. The lowest BCUT2D eigenvalue weighted by Crippen LogP contribution is -2.51. The van der Waals surface area contributed by atoms with E-state index in [4.69, 9.17) is 4.74 Å². The second kappa shape index (κ2) is 11.5. The van der Waals surface area contributed by atoms with Gasteiger partial charge < -0.3 is 9.84 Å². The molecule has 0 saturated heterocycles. The standard InChI is InChI=1S/C33H56O3/c1-7-8-12-30(31(34)35)36-25-17-19-32(5)24(21-25)13-14-26-28-16-15-27(23(4)11-9-10-22(2)3)33(28,6)20-18-29(26)32/h13,22-23,25-30H,7-12,14-21H2,1-6H3,(H,34,35)/t23-,25+,26+,27-,28+,29+,30?,32+,33-/m1/s1. The Morgan fingerprint density at radius 3 is 2.50 bits per heavy atom. The molecular formula is C33H56O3. The maximum absolute atomic E-state index is 11.8. The van der Waals surface area contributed by atoms with E-state index in [-0.39, 0.29) is 6.10 Å². The number of ether oxygens (including phenoxy) is 1. The van der Waals surface area contributed by atoms with Crippen LogP contribution in [0.2, 0.25) is 0 Å². The van der Waals surface area contributed by atoms with Crippen LogP contribution in [0.1, 0.15) is 131 Å². The second-order valence-electron chi connectivity index (χ2n) is 14.3. The smallest absolute Gasteiger partial charge is 0.332 e. The molecule has 3 nitrogen and oxygen atoms in total. The van der Waals surface area contributed by atoms with Gasteiger partial charge in [-0.2, -0.15) is 0 Å². The Bertz CT molecular complexity index is 786. The molecule has 0 aromatic rings. The Morgan fingerprint density at radius 1 is 1.03 bits per heavy atom. The summed E-state index contributed by atoms with van der Waals surface area (Å²) in [4.78, 5) is 11.8. The molecule has 3 saturated carbocycles. The summed E-state index contributed by atoms with van der Waals surface area (Å²) in [6.07, 6.45) is 18.9. The average molecular weight is 501 g/mol. The van der Waals surface area contributed by atoms with E-state index in [1.54, 1.807) is 5.57 Å². The number of rotatable bonds is 11. The fraction of sp³-hybridized carbons (Fsp3) is 0.909. The lowest BCUT2D eigenvalue weighted by Gasteiger charge is -2.58. The summed E-state index contributed by atoms with van der Waals surface area (Å²) in [6.45, 7) is 14.6. The van der Waals surface area contributed by atoms with Crippen LogP contribution in [-0.2, 0) is 9.53 Å². The molecular weight excluding hydrogens is 444 g/mol. The van der Waals surface area contributed by atoms with Gasteiger partial charge in [0.2, 0.25) is 0 Å². The number of carbonyl (C=O) groups is 1. The van der Waals surface area contributed by atoms with E-state index in [1.165, 1.54) is 57.8 Å². The van der Waals surface area contributed by atoms with Crippen LogP contribution in [-0.4, -0.2) is 23.3 Å². The summed E-state index contributed by atoms with van der Waals surface area (Å²) in [5.74, 6) is 4.37. The maximum atomic E-state index is 11.8. The van der Waals surface area contributed by atoms with Crippen LogP contribution in [0.5, 0.6) is 0 Å². The van der Waals surface area contributed by atoms with Gasteiger partial charge in [0.05, 0.1) is 6.10 Å². The van der Waals surface area contributed by atoms with Crippen molar-refractivity contribution in [1.82, 2.24) is 0 Å². The Morgan fingerprint density at radius 2 is 1.81 bits per heavy atom. The predicted octanol–water partition coefficient (Wildman–Crippen LogP) is 9.06. The Labute approximate surface area is 222 Å².